The largest absolute Gasteiger partial charge is 0.383 e. The van der Waals surface area contributed by atoms with Crippen LogP contribution >= 0.6 is 46.4 Å². The fourth-order valence-electron chi connectivity index (χ4n) is 4.78. The highest BCUT2D eigenvalue weighted by atomic mass is 35.5. The van der Waals surface area contributed by atoms with Gasteiger partial charge in [-0.25, -0.2) is 8.78 Å². The molecule has 0 atom stereocenters. The molecule has 0 N–H and O–H groups in total. The number of hydrogen-bond acceptors (Lipinski definition) is 4. The number of alkyl halides is 8. The Morgan fingerprint density at radius 3 is 1.22 bits per heavy atom. The lowest BCUT2D eigenvalue weighted by Gasteiger charge is -2.11. The summed E-state index contributed by atoms with van der Waals surface area (Å²) in [5.41, 5.74) is 3.84. The molecule has 276 valence electrons. The van der Waals surface area contributed by atoms with Gasteiger partial charge in [0.15, 0.2) is 0 Å². The molecule has 4 aromatic rings. The number of benzene rings is 4. The lowest BCUT2D eigenvalue weighted by molar-refractivity contribution is -0.239. The van der Waals surface area contributed by atoms with E-state index in [0.717, 1.165) is 29.3 Å². The second-order valence-electron chi connectivity index (χ2n) is 10.1. The summed E-state index contributed by atoms with van der Waals surface area (Å²) >= 11 is 23.2. The summed E-state index contributed by atoms with van der Waals surface area (Å²) in [5.74, 6) is -0.821. The maximum absolute atomic E-state index is 12.7. The van der Waals surface area contributed by atoms with Gasteiger partial charge in [-0.3, -0.25) is 0 Å². The van der Waals surface area contributed by atoms with Gasteiger partial charge in [-0.05, 0) is 58.7 Å². The van der Waals surface area contributed by atoms with E-state index in [4.69, 9.17) is 55.9 Å². The minimum absolute atomic E-state index is 0. The molecule has 0 unspecified atom stereocenters. The molecule has 4 aromatic carbocycles. The molecule has 0 saturated heterocycles. The molecule has 4 nitrogen and oxygen atoms in total. The predicted molar refractivity (Wildman–Crippen MR) is 186 cm³/mol. The maximum atomic E-state index is 12.7. The zero-order valence-corrected chi connectivity index (χ0v) is 26.3. The Balaban J connectivity index is 0.000000325. The molecule has 50 heavy (non-hydrogen) atoms. The Kier molecular flexibility index (Phi) is 16.2. The summed E-state index contributed by atoms with van der Waals surface area (Å²) in [5, 5.41) is 0. The van der Waals surface area contributed by atoms with Crippen LogP contribution in [0, 0.1) is 11.6 Å². The first-order valence-corrected chi connectivity index (χ1v) is 14.9. The van der Waals surface area contributed by atoms with E-state index in [1.54, 1.807) is 18.2 Å². The van der Waals surface area contributed by atoms with Crippen LogP contribution < -0.4 is 0 Å². The Morgan fingerprint density at radius 2 is 0.740 bits per heavy atom. The fourth-order valence-corrected chi connectivity index (χ4v) is 5.73. The molecule has 0 radical (unpaired) electrons. The molecular formula is C36H38Cl4F6O4. The Bertz CT molecular complexity index is 1600. The highest BCUT2D eigenvalue weighted by Gasteiger charge is 2.41. The van der Waals surface area contributed by atoms with E-state index in [2.05, 4.69) is 9.47 Å². The van der Waals surface area contributed by atoms with Gasteiger partial charge in [0.1, 0.15) is 11.6 Å². The first-order chi connectivity index (χ1) is 21.6. The second kappa shape index (κ2) is 17.8. The number of hydrogen-bond donors (Lipinski definition) is 0. The van der Waals surface area contributed by atoms with Crippen LogP contribution in [0.1, 0.15) is 74.2 Å². The van der Waals surface area contributed by atoms with Crippen LogP contribution in [-0.4, -0.2) is 0 Å². The Labute approximate surface area is 309 Å². The van der Waals surface area contributed by atoms with Gasteiger partial charge in [0.25, 0.3) is 0 Å². The summed E-state index contributed by atoms with van der Waals surface area (Å²) in [6.45, 7) is 0.562. The lowest BCUT2D eigenvalue weighted by Crippen LogP contribution is -2.09. The van der Waals surface area contributed by atoms with Gasteiger partial charge in [-0.15, -0.1) is 0 Å². The lowest BCUT2D eigenvalue weighted by atomic mass is 10.1. The second-order valence-corrected chi connectivity index (χ2v) is 12.7. The van der Waals surface area contributed by atoms with Crippen LogP contribution in [0.3, 0.4) is 0 Å². The van der Waals surface area contributed by atoms with E-state index < -0.39 is 27.1 Å². The van der Waals surface area contributed by atoms with Crippen molar-refractivity contribution in [1.29, 1.82) is 0 Å². The van der Waals surface area contributed by atoms with Crippen LogP contribution in [0.15, 0.2) is 84.9 Å². The summed E-state index contributed by atoms with van der Waals surface area (Å²) in [6, 6.07) is 21.4. The van der Waals surface area contributed by atoms with E-state index in [0.29, 0.717) is 23.3 Å². The van der Waals surface area contributed by atoms with E-state index in [1.807, 2.05) is 24.3 Å². The molecule has 0 spiro atoms. The molecule has 4 heterocycles. The van der Waals surface area contributed by atoms with Gasteiger partial charge in [0, 0.05) is 11.1 Å². The third kappa shape index (κ3) is 10.3. The molecule has 8 rings (SSSR count). The van der Waals surface area contributed by atoms with Crippen LogP contribution in [0.5, 0.6) is 0 Å². The monoisotopic (exact) mass is 788 g/mol. The third-order valence-corrected chi connectivity index (χ3v) is 8.31. The van der Waals surface area contributed by atoms with Gasteiger partial charge in [0.05, 0.1) is 37.6 Å². The van der Waals surface area contributed by atoms with Crippen LogP contribution in [0.25, 0.3) is 0 Å². The van der Waals surface area contributed by atoms with Crippen molar-refractivity contribution in [3.63, 3.8) is 0 Å². The first kappa shape index (κ1) is 45.5. The van der Waals surface area contributed by atoms with Crippen LogP contribution in [0.2, 0.25) is 0 Å². The van der Waals surface area contributed by atoms with Gasteiger partial charge in [-0.2, -0.15) is 17.6 Å². The normalized spacial score (nSPS) is 18.0. The molecule has 0 amide bonds. The smallest absolute Gasteiger partial charge is 0.338 e. The number of ether oxygens (including phenoxy) is 4. The first-order valence-electron chi connectivity index (χ1n) is 13.4. The van der Waals surface area contributed by atoms with Crippen molar-refractivity contribution in [2.24, 2.45) is 0 Å². The zero-order valence-electron chi connectivity index (χ0n) is 23.3. The number of halogens is 10. The summed E-state index contributed by atoms with van der Waals surface area (Å²) in [6.07, 6.45) is -6.32. The van der Waals surface area contributed by atoms with Crippen molar-refractivity contribution in [1.82, 2.24) is 0 Å². The van der Waals surface area contributed by atoms with E-state index in [-0.39, 0.29) is 72.0 Å². The number of fused-ring (bicyclic) bond motifs is 4. The average molecular weight is 790 g/mol. The number of rotatable bonds is 0. The minimum Gasteiger partial charge on any atom is -0.338 e. The van der Waals surface area contributed by atoms with Gasteiger partial charge >= 0.3 is 12.2 Å². The van der Waals surface area contributed by atoms with Crippen molar-refractivity contribution >= 4 is 46.4 Å². The topological polar surface area (TPSA) is 36.9 Å². The van der Waals surface area contributed by atoms with E-state index in [9.17, 15) is 26.3 Å². The molecule has 14 heteroatoms. The third-order valence-electron chi connectivity index (χ3n) is 7.06. The maximum Gasteiger partial charge on any atom is 0.383 e. The summed E-state index contributed by atoms with van der Waals surface area (Å²) < 4.78 is 92.2. The Hall–Kier alpha value is -2.54. The standard InChI is InChI=1S/C8H5Cl2FO.C8H6Cl2O.C8H5F3O.C8H6F2O.4CH4/c9-8(10)7-2-1-6(11)3-5(7)4-12-8;9-8(10)7-4-2-1-3-6(7)5-11-8;9-6-1-2-7-5(3-6)4-12-8(7,10)11;9-8(10)7-4-2-1-3-6(7)5-11-8;;;;/h1-3H,4H2;1-4H,5H2;1-3H,4H2;1-4H,5H2;4*1H4. The Morgan fingerprint density at radius 1 is 0.420 bits per heavy atom. The van der Waals surface area contributed by atoms with Crippen LogP contribution in [0.4, 0.5) is 26.3 Å². The van der Waals surface area contributed by atoms with Crippen molar-refractivity contribution in [2.45, 2.75) is 77.4 Å². The van der Waals surface area contributed by atoms with E-state index in [1.165, 1.54) is 24.3 Å². The van der Waals surface area contributed by atoms with Gasteiger partial charge < -0.3 is 18.9 Å². The summed E-state index contributed by atoms with van der Waals surface area (Å²) in [4.78, 5) is 0. The highest BCUT2D eigenvalue weighted by molar-refractivity contribution is 6.47. The van der Waals surface area contributed by atoms with Crippen molar-refractivity contribution in [2.75, 3.05) is 0 Å². The van der Waals surface area contributed by atoms with Gasteiger partial charge in [-0.1, -0.05) is 125 Å². The molecule has 0 aliphatic carbocycles. The van der Waals surface area contributed by atoms with E-state index >= 15 is 0 Å². The quantitative estimate of drug-likeness (QED) is 0.131. The molecule has 0 aromatic heterocycles. The molecule has 0 bridgehead atoms. The average Bonchev–Trinajstić information content (AvgIpc) is 3.70. The minimum atomic E-state index is -3.25. The van der Waals surface area contributed by atoms with Gasteiger partial charge in [0.2, 0.25) is 9.04 Å². The SMILES string of the molecule is C.C.C.C.ClC1(Cl)OCc2ccccc21.FC1(F)OCc2ccccc21.Fc1ccc2c(c1)COC2(Cl)Cl.Fc1ccc2c(c1)COC2(F)F. The van der Waals surface area contributed by atoms with Crippen molar-refractivity contribution < 1.29 is 45.3 Å². The molecule has 4 aliphatic heterocycles. The predicted octanol–water partition coefficient (Wildman–Crippen LogP) is 13.0. The van der Waals surface area contributed by atoms with Crippen molar-refractivity contribution in [3.8, 4) is 0 Å². The molecule has 4 aliphatic rings. The summed E-state index contributed by atoms with van der Waals surface area (Å²) in [7, 11) is 0. The molecule has 0 fully saturated rings. The highest BCUT2D eigenvalue weighted by Crippen LogP contribution is 2.44. The molecule has 0 saturated carbocycles. The zero-order chi connectivity index (χ0) is 33.3. The fraction of sp³-hybridized carbons (Fsp3) is 0.333. The van der Waals surface area contributed by atoms with Crippen molar-refractivity contribution in [3.05, 3.63) is 141 Å². The van der Waals surface area contributed by atoms with Crippen LogP contribution in [-0.2, 0) is 66.6 Å². The molecular weight excluding hydrogens is 752 g/mol.